The highest BCUT2D eigenvalue weighted by molar-refractivity contribution is 6.31. The molecule has 2 aromatic rings. The van der Waals surface area contributed by atoms with Gasteiger partial charge >= 0.3 is 6.61 Å². The van der Waals surface area contributed by atoms with E-state index in [0.717, 1.165) is 0 Å². The zero-order chi connectivity index (χ0) is 14.7. The first-order valence-electron chi connectivity index (χ1n) is 5.82. The van der Waals surface area contributed by atoms with E-state index in [1.165, 1.54) is 29.1 Å². The van der Waals surface area contributed by atoms with Crippen molar-refractivity contribution in [2.75, 3.05) is 0 Å². The lowest BCUT2D eigenvalue weighted by atomic mass is 10.1. The number of rotatable bonds is 5. The minimum Gasteiger partial charge on any atom is -0.434 e. The summed E-state index contributed by atoms with van der Waals surface area (Å²) in [4.78, 5) is 11.1. The first-order valence-corrected chi connectivity index (χ1v) is 6.20. The monoisotopic (exact) mass is 300 g/mol. The minimum absolute atomic E-state index is 0.0751. The smallest absolute Gasteiger partial charge is 0.387 e. The highest BCUT2D eigenvalue weighted by atomic mass is 35.5. The van der Waals surface area contributed by atoms with Gasteiger partial charge in [-0.15, -0.1) is 0 Å². The molecule has 2 rings (SSSR count). The van der Waals surface area contributed by atoms with E-state index in [0.29, 0.717) is 17.9 Å². The summed E-state index contributed by atoms with van der Waals surface area (Å²) in [5, 5.41) is 4.52. The average molecular weight is 301 g/mol. The van der Waals surface area contributed by atoms with Gasteiger partial charge in [-0.2, -0.15) is 13.9 Å². The van der Waals surface area contributed by atoms with E-state index in [4.69, 9.17) is 11.6 Å². The molecule has 106 valence electrons. The average Bonchev–Trinajstić information content (AvgIpc) is 2.83. The van der Waals surface area contributed by atoms with Gasteiger partial charge in [-0.3, -0.25) is 9.48 Å². The molecule has 0 saturated carbocycles. The fraction of sp³-hybridized carbons (Fsp3) is 0.231. The van der Waals surface area contributed by atoms with Crippen molar-refractivity contribution in [3.8, 4) is 17.0 Å². The standard InChI is InChI=1S/C13H11ClF2N2O2/c1-2-18-6-8(7-19)12(17-18)10-5-9(14)3-4-11(10)20-13(15)16/h3-7,13H,2H2,1H3. The largest absolute Gasteiger partial charge is 0.434 e. The molecule has 0 aliphatic heterocycles. The van der Waals surface area contributed by atoms with Crippen LogP contribution in [0.4, 0.5) is 8.78 Å². The van der Waals surface area contributed by atoms with Crippen molar-refractivity contribution in [3.63, 3.8) is 0 Å². The molecule has 0 fully saturated rings. The minimum atomic E-state index is -2.97. The number of benzene rings is 1. The second kappa shape index (κ2) is 6.00. The fourth-order valence-electron chi connectivity index (χ4n) is 1.78. The maximum atomic E-state index is 12.4. The first kappa shape index (κ1) is 14.5. The fourth-order valence-corrected chi connectivity index (χ4v) is 1.95. The van der Waals surface area contributed by atoms with Crippen molar-refractivity contribution in [3.05, 3.63) is 35.0 Å². The van der Waals surface area contributed by atoms with Gasteiger partial charge < -0.3 is 4.74 Å². The molecule has 0 aliphatic rings. The van der Waals surface area contributed by atoms with Crippen molar-refractivity contribution in [1.29, 1.82) is 0 Å². The molecule has 0 bridgehead atoms. The summed E-state index contributed by atoms with van der Waals surface area (Å²) < 4.78 is 30.8. The predicted molar refractivity (Wildman–Crippen MR) is 70.4 cm³/mol. The molecule has 0 atom stereocenters. The normalized spacial score (nSPS) is 10.8. The van der Waals surface area contributed by atoms with Crippen molar-refractivity contribution < 1.29 is 18.3 Å². The van der Waals surface area contributed by atoms with Crippen LogP contribution in [0.15, 0.2) is 24.4 Å². The predicted octanol–water partition coefficient (Wildman–Crippen LogP) is 3.64. The molecule has 0 aliphatic carbocycles. The number of carbonyl (C=O) groups is 1. The van der Waals surface area contributed by atoms with E-state index >= 15 is 0 Å². The van der Waals surface area contributed by atoms with Gasteiger partial charge in [0, 0.05) is 23.3 Å². The van der Waals surface area contributed by atoms with Gasteiger partial charge in [-0.1, -0.05) is 11.6 Å². The van der Waals surface area contributed by atoms with Crippen LogP contribution in [0.25, 0.3) is 11.3 Å². The third kappa shape index (κ3) is 2.96. The molecular weight excluding hydrogens is 290 g/mol. The third-order valence-electron chi connectivity index (χ3n) is 2.65. The Balaban J connectivity index is 2.58. The van der Waals surface area contributed by atoms with Crippen molar-refractivity contribution in [1.82, 2.24) is 9.78 Å². The number of aryl methyl sites for hydroxylation is 1. The van der Waals surface area contributed by atoms with Crippen LogP contribution in [-0.2, 0) is 6.54 Å². The quantitative estimate of drug-likeness (QED) is 0.792. The number of ether oxygens (including phenoxy) is 1. The molecule has 0 spiro atoms. The lowest BCUT2D eigenvalue weighted by molar-refractivity contribution is -0.0494. The summed E-state index contributed by atoms with van der Waals surface area (Å²) in [5.41, 5.74) is 0.806. The van der Waals surface area contributed by atoms with Crippen LogP contribution in [0.2, 0.25) is 5.02 Å². The second-order valence-corrected chi connectivity index (χ2v) is 4.36. The molecule has 0 N–H and O–H groups in total. The number of carbonyl (C=O) groups excluding carboxylic acids is 1. The van der Waals surface area contributed by atoms with Gasteiger partial charge in [0.1, 0.15) is 11.4 Å². The molecule has 0 radical (unpaired) electrons. The van der Waals surface area contributed by atoms with Crippen LogP contribution in [0.3, 0.4) is 0 Å². The topological polar surface area (TPSA) is 44.1 Å². The van der Waals surface area contributed by atoms with E-state index in [2.05, 4.69) is 9.84 Å². The van der Waals surface area contributed by atoms with E-state index in [1.807, 2.05) is 6.92 Å². The Hall–Kier alpha value is -1.95. The number of halogens is 3. The molecule has 0 saturated heterocycles. The molecule has 0 amide bonds. The van der Waals surface area contributed by atoms with Crippen molar-refractivity contribution in [2.45, 2.75) is 20.1 Å². The lowest BCUT2D eigenvalue weighted by Crippen LogP contribution is -2.04. The summed E-state index contributed by atoms with van der Waals surface area (Å²) >= 11 is 5.87. The molecule has 7 heteroatoms. The summed E-state index contributed by atoms with van der Waals surface area (Å²) in [6.45, 7) is -0.574. The number of hydrogen-bond donors (Lipinski definition) is 0. The summed E-state index contributed by atoms with van der Waals surface area (Å²) in [5.74, 6) is -0.0751. The number of aldehydes is 1. The molecule has 0 unspecified atom stereocenters. The Morgan fingerprint density at radius 1 is 1.50 bits per heavy atom. The Labute approximate surface area is 118 Å². The second-order valence-electron chi connectivity index (χ2n) is 3.93. The van der Waals surface area contributed by atoms with Crippen LogP contribution in [0, 0.1) is 0 Å². The number of aromatic nitrogens is 2. The van der Waals surface area contributed by atoms with Crippen molar-refractivity contribution >= 4 is 17.9 Å². The Morgan fingerprint density at radius 2 is 2.25 bits per heavy atom. The van der Waals surface area contributed by atoms with Gasteiger partial charge in [0.05, 0.1) is 5.56 Å². The zero-order valence-corrected chi connectivity index (χ0v) is 11.3. The Morgan fingerprint density at radius 3 is 2.85 bits per heavy atom. The molecule has 4 nitrogen and oxygen atoms in total. The number of hydrogen-bond acceptors (Lipinski definition) is 3. The molecule has 1 aromatic heterocycles. The van der Waals surface area contributed by atoms with Gasteiger partial charge in [0.2, 0.25) is 0 Å². The van der Waals surface area contributed by atoms with Gasteiger partial charge in [0.15, 0.2) is 6.29 Å². The maximum absolute atomic E-state index is 12.4. The Kier molecular flexibility index (Phi) is 4.34. The van der Waals surface area contributed by atoms with Gasteiger partial charge in [0.25, 0.3) is 0 Å². The highest BCUT2D eigenvalue weighted by Crippen LogP contribution is 2.34. The van der Waals surface area contributed by atoms with Crippen LogP contribution >= 0.6 is 11.6 Å². The summed E-state index contributed by atoms with van der Waals surface area (Å²) in [6, 6.07) is 4.19. The first-order chi connectivity index (χ1) is 9.55. The zero-order valence-electron chi connectivity index (χ0n) is 10.5. The third-order valence-corrected chi connectivity index (χ3v) is 2.89. The van der Waals surface area contributed by atoms with E-state index < -0.39 is 6.61 Å². The summed E-state index contributed by atoms with van der Waals surface area (Å²) in [7, 11) is 0. The molecular formula is C13H11ClF2N2O2. The highest BCUT2D eigenvalue weighted by Gasteiger charge is 2.17. The van der Waals surface area contributed by atoms with E-state index in [-0.39, 0.29) is 22.6 Å². The number of alkyl halides is 2. The summed E-state index contributed by atoms with van der Waals surface area (Å²) in [6.07, 6.45) is 2.15. The van der Waals surface area contributed by atoms with Gasteiger partial charge in [-0.05, 0) is 25.1 Å². The van der Waals surface area contributed by atoms with Crippen molar-refractivity contribution in [2.24, 2.45) is 0 Å². The molecule has 1 aromatic carbocycles. The van der Waals surface area contributed by atoms with E-state index in [9.17, 15) is 13.6 Å². The Bertz CT molecular complexity index is 629. The SMILES string of the molecule is CCn1cc(C=O)c(-c2cc(Cl)ccc2OC(F)F)n1. The maximum Gasteiger partial charge on any atom is 0.387 e. The van der Waals surface area contributed by atoms with E-state index in [1.54, 1.807) is 0 Å². The molecule has 20 heavy (non-hydrogen) atoms. The van der Waals surface area contributed by atoms with Gasteiger partial charge in [-0.25, -0.2) is 0 Å². The molecule has 1 heterocycles. The lowest BCUT2D eigenvalue weighted by Gasteiger charge is -2.10. The van der Waals surface area contributed by atoms with Crippen LogP contribution < -0.4 is 4.74 Å². The van der Waals surface area contributed by atoms with Crippen LogP contribution in [0.1, 0.15) is 17.3 Å². The van der Waals surface area contributed by atoms with Crippen LogP contribution in [0.5, 0.6) is 5.75 Å². The van der Waals surface area contributed by atoms with Crippen LogP contribution in [-0.4, -0.2) is 22.7 Å². The number of nitrogens with zero attached hydrogens (tertiary/aromatic N) is 2.